The topological polar surface area (TPSA) is 43.8 Å². The van der Waals surface area contributed by atoms with Gasteiger partial charge in [-0.15, -0.1) is 0 Å². The van der Waals surface area contributed by atoms with E-state index in [4.69, 9.17) is 5.11 Å². The van der Waals surface area contributed by atoms with E-state index in [1.54, 1.807) is 0 Å². The van der Waals surface area contributed by atoms with E-state index >= 15 is 0 Å². The molecule has 2 unspecified atom stereocenters. The maximum atomic E-state index is 12.3. The Morgan fingerprint density at radius 1 is 1.50 bits per heavy atom. The molecule has 1 aliphatic rings. The number of rotatable bonds is 3. The second-order valence-electron chi connectivity index (χ2n) is 4.96. The van der Waals surface area contributed by atoms with Crippen molar-refractivity contribution in [1.82, 2.24) is 9.80 Å². The molecule has 94 valence electrons. The van der Waals surface area contributed by atoms with Gasteiger partial charge in [-0.25, -0.2) is 0 Å². The Kier molecular flexibility index (Phi) is 4.74. The number of nitrogens with zero attached hydrogens (tertiary/aromatic N) is 2. The minimum Gasteiger partial charge on any atom is -0.396 e. The molecule has 1 amide bonds. The maximum absolute atomic E-state index is 12.3. The van der Waals surface area contributed by atoms with Crippen LogP contribution in [0.3, 0.4) is 0 Å². The fourth-order valence-electron chi connectivity index (χ4n) is 2.27. The van der Waals surface area contributed by atoms with Gasteiger partial charge in [-0.1, -0.05) is 0 Å². The highest BCUT2D eigenvalue weighted by molar-refractivity contribution is 5.82. The lowest BCUT2D eigenvalue weighted by molar-refractivity contribution is -0.137. The lowest BCUT2D eigenvalue weighted by Crippen LogP contribution is -2.48. The predicted molar refractivity (Wildman–Crippen MR) is 64.2 cm³/mol. The molecule has 0 aliphatic carbocycles. The third kappa shape index (κ3) is 2.74. The average Bonchev–Trinajstić information content (AvgIpc) is 2.32. The van der Waals surface area contributed by atoms with E-state index in [2.05, 4.69) is 11.8 Å². The van der Waals surface area contributed by atoms with E-state index in [9.17, 15) is 4.79 Å². The highest BCUT2D eigenvalue weighted by Gasteiger charge is 2.34. The zero-order chi connectivity index (χ0) is 12.3. The van der Waals surface area contributed by atoms with E-state index in [1.807, 2.05) is 25.8 Å². The van der Waals surface area contributed by atoms with Gasteiger partial charge in [0.05, 0.1) is 6.04 Å². The lowest BCUT2D eigenvalue weighted by atomic mass is 10.1. The van der Waals surface area contributed by atoms with Gasteiger partial charge in [-0.3, -0.25) is 9.69 Å². The Bertz CT molecular complexity index is 243. The van der Waals surface area contributed by atoms with Gasteiger partial charge in [-0.05, 0) is 40.7 Å². The van der Waals surface area contributed by atoms with Crippen molar-refractivity contribution in [3.63, 3.8) is 0 Å². The van der Waals surface area contributed by atoms with E-state index in [0.29, 0.717) is 12.5 Å². The van der Waals surface area contributed by atoms with Crippen molar-refractivity contribution in [2.24, 2.45) is 0 Å². The fraction of sp³-hybridized carbons (Fsp3) is 0.917. The normalized spacial score (nSPS) is 28.6. The molecule has 1 fully saturated rings. The molecule has 0 aromatic carbocycles. The summed E-state index contributed by atoms with van der Waals surface area (Å²) >= 11 is 0. The summed E-state index contributed by atoms with van der Waals surface area (Å²) in [4.78, 5) is 16.3. The van der Waals surface area contributed by atoms with E-state index < -0.39 is 0 Å². The number of hydrogen-bond donors (Lipinski definition) is 1. The summed E-state index contributed by atoms with van der Waals surface area (Å²) in [6.45, 7) is 7.12. The first-order valence-corrected chi connectivity index (χ1v) is 6.12. The minimum absolute atomic E-state index is 0.0689. The molecule has 0 spiro atoms. The van der Waals surface area contributed by atoms with Crippen LogP contribution < -0.4 is 0 Å². The molecular formula is C12H24N2O2. The van der Waals surface area contributed by atoms with E-state index in [-0.39, 0.29) is 24.6 Å². The van der Waals surface area contributed by atoms with Crippen molar-refractivity contribution in [2.45, 2.75) is 51.7 Å². The van der Waals surface area contributed by atoms with E-state index in [0.717, 1.165) is 13.0 Å². The summed E-state index contributed by atoms with van der Waals surface area (Å²) in [6, 6.07) is 0.474. The molecule has 0 aromatic heterocycles. The highest BCUT2D eigenvalue weighted by atomic mass is 16.3. The molecular weight excluding hydrogens is 204 g/mol. The van der Waals surface area contributed by atoms with E-state index in [1.165, 1.54) is 0 Å². The molecule has 1 rings (SSSR count). The van der Waals surface area contributed by atoms with Crippen LogP contribution >= 0.6 is 0 Å². The quantitative estimate of drug-likeness (QED) is 0.773. The third-order valence-corrected chi connectivity index (χ3v) is 3.57. The summed E-state index contributed by atoms with van der Waals surface area (Å²) in [5.74, 6) is 0.163. The molecule has 1 N–H and O–H groups in total. The summed E-state index contributed by atoms with van der Waals surface area (Å²) in [5.41, 5.74) is 0. The fourth-order valence-corrected chi connectivity index (χ4v) is 2.27. The minimum atomic E-state index is -0.162. The monoisotopic (exact) mass is 228 g/mol. The van der Waals surface area contributed by atoms with Gasteiger partial charge in [0.2, 0.25) is 5.91 Å². The molecule has 4 heteroatoms. The number of amides is 1. The van der Waals surface area contributed by atoms with Gasteiger partial charge in [0.15, 0.2) is 0 Å². The van der Waals surface area contributed by atoms with Crippen LogP contribution in [0.15, 0.2) is 0 Å². The molecule has 16 heavy (non-hydrogen) atoms. The Hall–Kier alpha value is -0.610. The van der Waals surface area contributed by atoms with Crippen LogP contribution in [0.2, 0.25) is 0 Å². The second-order valence-corrected chi connectivity index (χ2v) is 4.96. The molecule has 1 heterocycles. The third-order valence-electron chi connectivity index (χ3n) is 3.57. The van der Waals surface area contributed by atoms with Crippen LogP contribution in [0.25, 0.3) is 0 Å². The van der Waals surface area contributed by atoms with Gasteiger partial charge >= 0.3 is 0 Å². The maximum Gasteiger partial charge on any atom is 0.240 e. The first-order chi connectivity index (χ1) is 7.49. The Morgan fingerprint density at radius 2 is 2.12 bits per heavy atom. The van der Waals surface area contributed by atoms with Crippen LogP contribution in [0.1, 0.15) is 33.6 Å². The molecule has 4 nitrogen and oxygen atoms in total. The first-order valence-electron chi connectivity index (χ1n) is 6.12. The SMILES string of the molecule is CC(C)N1CCC(C)N(C)C(CCO)C1=O. The summed E-state index contributed by atoms with van der Waals surface area (Å²) in [7, 11) is 1.98. The smallest absolute Gasteiger partial charge is 0.240 e. The van der Waals surface area contributed by atoms with Gasteiger partial charge in [0.1, 0.15) is 0 Å². The van der Waals surface area contributed by atoms with Gasteiger partial charge in [-0.2, -0.15) is 0 Å². The summed E-state index contributed by atoms with van der Waals surface area (Å²) < 4.78 is 0. The number of aliphatic hydroxyl groups excluding tert-OH is 1. The molecule has 2 atom stereocenters. The van der Waals surface area contributed by atoms with Crippen molar-refractivity contribution in [1.29, 1.82) is 0 Å². The van der Waals surface area contributed by atoms with Gasteiger partial charge in [0.25, 0.3) is 0 Å². The number of aliphatic hydroxyl groups is 1. The molecule has 0 aromatic rings. The second kappa shape index (κ2) is 5.64. The van der Waals surface area contributed by atoms with Crippen LogP contribution in [0.4, 0.5) is 0 Å². The Labute approximate surface area is 98.2 Å². The van der Waals surface area contributed by atoms with Crippen LogP contribution in [0.5, 0.6) is 0 Å². The first kappa shape index (κ1) is 13.5. The number of likely N-dealkylation sites (N-methyl/N-ethyl adjacent to an activating group) is 1. The number of hydrogen-bond acceptors (Lipinski definition) is 3. The van der Waals surface area contributed by atoms with Crippen molar-refractivity contribution < 1.29 is 9.90 Å². The number of carbonyl (C=O) groups excluding carboxylic acids is 1. The standard InChI is InChI=1S/C12H24N2O2/c1-9(2)14-7-5-10(3)13(4)11(6-8-15)12(14)16/h9-11,15H,5-8H2,1-4H3. The predicted octanol–water partition coefficient (Wildman–Crippen LogP) is 0.698. The Balaban J connectivity index is 2.86. The van der Waals surface area contributed by atoms with Crippen molar-refractivity contribution in [2.75, 3.05) is 20.2 Å². The average molecular weight is 228 g/mol. The molecule has 0 bridgehead atoms. The van der Waals surface area contributed by atoms with Crippen molar-refractivity contribution in [3.8, 4) is 0 Å². The molecule has 1 aliphatic heterocycles. The van der Waals surface area contributed by atoms with Crippen LogP contribution in [-0.4, -0.2) is 59.1 Å². The number of carbonyl (C=O) groups is 1. The molecule has 0 radical (unpaired) electrons. The molecule has 1 saturated heterocycles. The zero-order valence-electron chi connectivity index (χ0n) is 10.8. The van der Waals surface area contributed by atoms with Crippen molar-refractivity contribution in [3.05, 3.63) is 0 Å². The zero-order valence-corrected chi connectivity index (χ0v) is 10.8. The van der Waals surface area contributed by atoms with Crippen LogP contribution in [0, 0.1) is 0 Å². The van der Waals surface area contributed by atoms with Gasteiger partial charge < -0.3 is 10.0 Å². The van der Waals surface area contributed by atoms with Gasteiger partial charge in [0, 0.05) is 25.2 Å². The largest absolute Gasteiger partial charge is 0.396 e. The van der Waals surface area contributed by atoms with Crippen LogP contribution in [-0.2, 0) is 4.79 Å². The summed E-state index contributed by atoms with van der Waals surface area (Å²) in [5, 5.41) is 9.06. The highest BCUT2D eigenvalue weighted by Crippen LogP contribution is 2.19. The lowest BCUT2D eigenvalue weighted by Gasteiger charge is -2.31. The Morgan fingerprint density at radius 3 is 2.62 bits per heavy atom. The molecule has 0 saturated carbocycles. The summed E-state index contributed by atoms with van der Waals surface area (Å²) in [6.07, 6.45) is 1.53. The van der Waals surface area contributed by atoms with Crippen molar-refractivity contribution >= 4 is 5.91 Å².